The van der Waals surface area contributed by atoms with Gasteiger partial charge < -0.3 is 19.5 Å². The molecule has 1 N–H and O–H groups in total. The summed E-state index contributed by atoms with van der Waals surface area (Å²) < 4.78 is 10.7. The number of carbonyl (C=O) groups is 1. The van der Waals surface area contributed by atoms with Crippen LogP contribution in [0.1, 0.15) is 34.2 Å². The smallest absolute Gasteiger partial charge is 0.317 e. The molecule has 0 bridgehead atoms. The van der Waals surface area contributed by atoms with Crippen LogP contribution in [0.5, 0.6) is 0 Å². The van der Waals surface area contributed by atoms with E-state index in [1.165, 1.54) is 11.1 Å². The van der Waals surface area contributed by atoms with E-state index in [1.54, 1.807) is 11.9 Å². The van der Waals surface area contributed by atoms with Crippen molar-refractivity contribution in [2.75, 3.05) is 39.9 Å². The van der Waals surface area contributed by atoms with Gasteiger partial charge in [0.2, 0.25) is 0 Å². The van der Waals surface area contributed by atoms with Crippen LogP contribution in [0.3, 0.4) is 0 Å². The molecule has 2 aromatic rings. The minimum Gasteiger partial charge on any atom is -0.379 e. The number of benzene rings is 1. The first-order chi connectivity index (χ1) is 13.5. The summed E-state index contributed by atoms with van der Waals surface area (Å²) in [5.74, 6) is 0.753. The van der Waals surface area contributed by atoms with Gasteiger partial charge in [-0.05, 0) is 26.3 Å². The van der Waals surface area contributed by atoms with Gasteiger partial charge >= 0.3 is 6.03 Å². The molecule has 1 aromatic heterocycles. The summed E-state index contributed by atoms with van der Waals surface area (Å²) in [6.45, 7) is 10.0. The third-order valence-corrected chi connectivity index (χ3v) is 5.32. The number of aryl methyl sites for hydroxylation is 3. The van der Waals surface area contributed by atoms with Crippen molar-refractivity contribution in [2.45, 2.75) is 33.4 Å². The Morgan fingerprint density at radius 1 is 1.21 bits per heavy atom. The Labute approximate surface area is 166 Å². The van der Waals surface area contributed by atoms with Gasteiger partial charge in [0.05, 0.1) is 31.5 Å². The summed E-state index contributed by atoms with van der Waals surface area (Å²) in [4.78, 5) is 16.7. The van der Waals surface area contributed by atoms with E-state index >= 15 is 0 Å². The molecular formula is C21H30N4O3. The Bertz CT molecular complexity index is 762. The lowest BCUT2D eigenvalue weighted by Crippen LogP contribution is -2.46. The standard InChI is InChI=1S/C21H30N4O3/c1-15-5-7-18(8-6-15)20(25-9-11-27-12-10-25)13-22-21(26)24(4)14-19-16(2)23-28-17(19)3/h5-8,20H,9-14H2,1-4H3,(H,22,26). The summed E-state index contributed by atoms with van der Waals surface area (Å²) in [7, 11) is 1.79. The second-order valence-electron chi connectivity index (χ2n) is 7.42. The van der Waals surface area contributed by atoms with E-state index < -0.39 is 0 Å². The maximum Gasteiger partial charge on any atom is 0.317 e. The molecule has 0 radical (unpaired) electrons. The first kappa shape index (κ1) is 20.4. The minimum absolute atomic E-state index is 0.106. The molecule has 2 amide bonds. The number of hydrogen-bond donors (Lipinski definition) is 1. The average molecular weight is 386 g/mol. The number of aromatic nitrogens is 1. The number of hydrogen-bond acceptors (Lipinski definition) is 5. The Hall–Kier alpha value is -2.38. The number of nitrogens with one attached hydrogen (secondary N) is 1. The lowest BCUT2D eigenvalue weighted by atomic mass is 10.0. The lowest BCUT2D eigenvalue weighted by molar-refractivity contribution is 0.0165. The molecule has 28 heavy (non-hydrogen) atoms. The van der Waals surface area contributed by atoms with Gasteiger partial charge in [-0.15, -0.1) is 0 Å². The molecule has 7 heteroatoms. The highest BCUT2D eigenvalue weighted by molar-refractivity contribution is 5.74. The fourth-order valence-corrected chi connectivity index (χ4v) is 3.49. The summed E-state index contributed by atoms with van der Waals surface area (Å²) in [6, 6.07) is 8.55. The zero-order chi connectivity index (χ0) is 20.1. The highest BCUT2D eigenvalue weighted by atomic mass is 16.5. The third kappa shape index (κ3) is 4.91. The Morgan fingerprint density at radius 2 is 1.89 bits per heavy atom. The van der Waals surface area contributed by atoms with E-state index in [2.05, 4.69) is 46.6 Å². The van der Waals surface area contributed by atoms with E-state index in [0.29, 0.717) is 13.1 Å². The van der Waals surface area contributed by atoms with E-state index in [4.69, 9.17) is 9.26 Å². The highest BCUT2D eigenvalue weighted by Gasteiger charge is 2.24. The summed E-state index contributed by atoms with van der Waals surface area (Å²) in [5, 5.41) is 7.06. The maximum atomic E-state index is 12.7. The molecule has 3 rings (SSSR count). The van der Waals surface area contributed by atoms with Crippen LogP contribution < -0.4 is 5.32 Å². The fraction of sp³-hybridized carbons (Fsp3) is 0.524. The zero-order valence-electron chi connectivity index (χ0n) is 17.2. The second-order valence-corrected chi connectivity index (χ2v) is 7.42. The van der Waals surface area contributed by atoms with E-state index in [9.17, 15) is 4.79 Å². The molecule has 7 nitrogen and oxygen atoms in total. The molecule has 1 saturated heterocycles. The van der Waals surface area contributed by atoms with E-state index in [-0.39, 0.29) is 12.1 Å². The van der Waals surface area contributed by atoms with Crippen LogP contribution >= 0.6 is 0 Å². The quantitative estimate of drug-likeness (QED) is 0.827. The molecule has 2 heterocycles. The molecule has 1 aliphatic rings. The van der Waals surface area contributed by atoms with Crippen molar-refractivity contribution in [1.82, 2.24) is 20.3 Å². The molecule has 152 valence electrons. The molecule has 0 aliphatic carbocycles. The van der Waals surface area contributed by atoms with Gasteiger partial charge in [0.1, 0.15) is 5.76 Å². The molecule has 1 aliphatic heterocycles. The second kappa shape index (κ2) is 9.21. The zero-order valence-corrected chi connectivity index (χ0v) is 17.2. The third-order valence-electron chi connectivity index (χ3n) is 5.32. The van der Waals surface area contributed by atoms with Gasteiger partial charge in [-0.3, -0.25) is 4.90 Å². The molecule has 1 aromatic carbocycles. The summed E-state index contributed by atoms with van der Waals surface area (Å²) >= 11 is 0. The largest absolute Gasteiger partial charge is 0.379 e. The van der Waals surface area contributed by atoms with Crippen LogP contribution in [0.25, 0.3) is 0 Å². The van der Waals surface area contributed by atoms with Crippen LogP contribution in [0.2, 0.25) is 0 Å². The number of rotatable bonds is 6. The van der Waals surface area contributed by atoms with Gasteiger partial charge in [0.25, 0.3) is 0 Å². The molecule has 1 atom stereocenters. The Balaban J connectivity index is 1.65. The van der Waals surface area contributed by atoms with Crippen molar-refractivity contribution >= 4 is 6.03 Å². The van der Waals surface area contributed by atoms with Crippen molar-refractivity contribution in [1.29, 1.82) is 0 Å². The van der Waals surface area contributed by atoms with Crippen LogP contribution in [-0.4, -0.2) is 60.9 Å². The van der Waals surface area contributed by atoms with Crippen molar-refractivity contribution in [3.63, 3.8) is 0 Å². The maximum absolute atomic E-state index is 12.7. The average Bonchev–Trinajstić information content (AvgIpc) is 3.02. The number of ether oxygens (including phenoxy) is 1. The van der Waals surface area contributed by atoms with Crippen LogP contribution in [0, 0.1) is 20.8 Å². The number of carbonyl (C=O) groups excluding carboxylic acids is 1. The summed E-state index contributed by atoms with van der Waals surface area (Å²) in [6.07, 6.45) is 0. The predicted molar refractivity (Wildman–Crippen MR) is 107 cm³/mol. The molecule has 1 unspecified atom stereocenters. The number of nitrogens with zero attached hydrogens (tertiary/aromatic N) is 3. The first-order valence-electron chi connectivity index (χ1n) is 9.74. The van der Waals surface area contributed by atoms with Gasteiger partial charge in [0.15, 0.2) is 0 Å². The lowest BCUT2D eigenvalue weighted by Gasteiger charge is -2.35. The van der Waals surface area contributed by atoms with Gasteiger partial charge in [0, 0.05) is 32.2 Å². The Morgan fingerprint density at radius 3 is 2.50 bits per heavy atom. The molecule has 0 saturated carbocycles. The topological polar surface area (TPSA) is 70.8 Å². The highest BCUT2D eigenvalue weighted by Crippen LogP contribution is 2.22. The minimum atomic E-state index is -0.106. The normalized spacial score (nSPS) is 16.0. The molecular weight excluding hydrogens is 356 g/mol. The van der Waals surface area contributed by atoms with Crippen LogP contribution in [-0.2, 0) is 11.3 Å². The number of morpholine rings is 1. The monoisotopic (exact) mass is 386 g/mol. The van der Waals surface area contributed by atoms with Gasteiger partial charge in [-0.25, -0.2) is 4.79 Å². The van der Waals surface area contributed by atoms with Crippen molar-refractivity contribution in [3.05, 3.63) is 52.4 Å². The van der Waals surface area contributed by atoms with E-state index in [1.807, 2.05) is 13.8 Å². The fourth-order valence-electron chi connectivity index (χ4n) is 3.49. The van der Waals surface area contributed by atoms with Crippen LogP contribution in [0.15, 0.2) is 28.8 Å². The van der Waals surface area contributed by atoms with Gasteiger partial charge in [-0.1, -0.05) is 35.0 Å². The van der Waals surface area contributed by atoms with Gasteiger partial charge in [-0.2, -0.15) is 0 Å². The van der Waals surface area contributed by atoms with Crippen molar-refractivity contribution < 1.29 is 14.1 Å². The Kier molecular flexibility index (Phi) is 6.70. The van der Waals surface area contributed by atoms with E-state index in [0.717, 1.165) is 43.3 Å². The number of urea groups is 1. The van der Waals surface area contributed by atoms with Crippen molar-refractivity contribution in [3.8, 4) is 0 Å². The van der Waals surface area contributed by atoms with Crippen LogP contribution in [0.4, 0.5) is 4.79 Å². The summed E-state index contributed by atoms with van der Waals surface area (Å²) in [5.41, 5.74) is 4.22. The predicted octanol–water partition coefficient (Wildman–Crippen LogP) is 2.81. The molecule has 1 fully saturated rings. The van der Waals surface area contributed by atoms with Crippen molar-refractivity contribution in [2.24, 2.45) is 0 Å². The molecule has 0 spiro atoms. The number of amides is 2. The first-order valence-corrected chi connectivity index (χ1v) is 9.74. The SMILES string of the molecule is Cc1ccc(C(CNC(=O)N(C)Cc2c(C)noc2C)N2CCOCC2)cc1.